The van der Waals surface area contributed by atoms with Crippen LogP contribution >= 0.6 is 22.9 Å². The Morgan fingerprint density at radius 2 is 1.78 bits per heavy atom. The zero-order chi connectivity index (χ0) is 22.3. The summed E-state index contributed by atoms with van der Waals surface area (Å²) in [6.45, 7) is 3.60. The van der Waals surface area contributed by atoms with Crippen molar-refractivity contribution in [3.8, 4) is 11.5 Å². The number of amides is 1. The molecule has 0 N–H and O–H groups in total. The Kier molecular flexibility index (Phi) is 7.50. The molecule has 6 nitrogen and oxygen atoms in total. The van der Waals surface area contributed by atoms with Gasteiger partial charge in [0.15, 0.2) is 0 Å². The molecule has 32 heavy (non-hydrogen) atoms. The van der Waals surface area contributed by atoms with Crippen LogP contribution in [0.5, 0.6) is 11.5 Å². The number of ether oxygens (including phenoxy) is 2. The number of benzene rings is 2. The van der Waals surface area contributed by atoms with Gasteiger partial charge in [-0.15, -0.1) is 11.3 Å². The molecular weight excluding hydrogens is 446 g/mol. The maximum Gasteiger partial charge on any atom is 0.228 e. The summed E-state index contributed by atoms with van der Waals surface area (Å²) in [5.74, 6) is 1.71. The number of hydrogen-bond acceptors (Lipinski definition) is 6. The molecule has 0 unspecified atom stereocenters. The van der Waals surface area contributed by atoms with Crippen LogP contribution in [0.3, 0.4) is 0 Å². The minimum absolute atomic E-state index is 0.122. The van der Waals surface area contributed by atoms with Gasteiger partial charge in [-0.2, -0.15) is 0 Å². The zero-order valence-corrected chi connectivity index (χ0v) is 19.6. The van der Waals surface area contributed by atoms with Crippen LogP contribution in [-0.4, -0.2) is 49.1 Å². The second kappa shape index (κ2) is 10.7. The Labute approximate surface area is 197 Å². The number of carbonyl (C=O) groups is 1. The molecule has 0 aliphatic carbocycles. The molecule has 1 saturated heterocycles. The molecule has 0 radical (unpaired) electrons. The van der Waals surface area contributed by atoms with Crippen molar-refractivity contribution >= 4 is 34.5 Å². The van der Waals surface area contributed by atoms with Gasteiger partial charge >= 0.3 is 0 Å². The molecule has 0 spiro atoms. The van der Waals surface area contributed by atoms with Gasteiger partial charge < -0.3 is 19.3 Å². The summed E-state index contributed by atoms with van der Waals surface area (Å²) in [5, 5.41) is 3.47. The molecule has 8 heteroatoms. The molecule has 1 aliphatic rings. The Morgan fingerprint density at radius 3 is 2.53 bits per heavy atom. The predicted octanol–water partition coefficient (Wildman–Crippen LogP) is 4.67. The highest BCUT2D eigenvalue weighted by Crippen LogP contribution is 2.21. The summed E-state index contributed by atoms with van der Waals surface area (Å²) in [6, 6.07) is 15.3. The summed E-state index contributed by atoms with van der Waals surface area (Å²) in [6.07, 6.45) is 1.26. The van der Waals surface area contributed by atoms with Gasteiger partial charge in [0.2, 0.25) is 5.91 Å². The third-order valence-corrected chi connectivity index (χ3v) is 6.52. The van der Waals surface area contributed by atoms with Crippen LogP contribution in [0.2, 0.25) is 5.02 Å². The highest BCUT2D eigenvalue weighted by molar-refractivity contribution is 7.09. The maximum absolute atomic E-state index is 12.9. The molecule has 168 valence electrons. The van der Waals surface area contributed by atoms with Crippen molar-refractivity contribution in [3.05, 3.63) is 69.6 Å². The molecule has 4 rings (SSSR count). The van der Waals surface area contributed by atoms with Gasteiger partial charge in [0.1, 0.15) is 23.1 Å². The van der Waals surface area contributed by atoms with Crippen LogP contribution in [0.4, 0.5) is 5.69 Å². The zero-order valence-electron chi connectivity index (χ0n) is 18.0. The SMILES string of the molecule is COc1ccc(N2CCCN(C(=O)Cc3csc(COc4ccc(Cl)cc4)n3)CC2)cc1. The molecule has 0 atom stereocenters. The number of hydrogen-bond donors (Lipinski definition) is 0. The largest absolute Gasteiger partial charge is 0.497 e. The molecule has 0 bridgehead atoms. The van der Waals surface area contributed by atoms with E-state index >= 15 is 0 Å². The lowest BCUT2D eigenvalue weighted by Crippen LogP contribution is -2.36. The van der Waals surface area contributed by atoms with E-state index in [2.05, 4.69) is 22.0 Å². The number of methoxy groups -OCH3 is 1. The summed E-state index contributed by atoms with van der Waals surface area (Å²) in [5.41, 5.74) is 1.95. The average molecular weight is 472 g/mol. The van der Waals surface area contributed by atoms with Crippen LogP contribution in [0.25, 0.3) is 0 Å². The Morgan fingerprint density at radius 1 is 1.03 bits per heavy atom. The predicted molar refractivity (Wildman–Crippen MR) is 128 cm³/mol. The number of anilines is 1. The van der Waals surface area contributed by atoms with E-state index in [9.17, 15) is 4.79 Å². The van der Waals surface area contributed by atoms with E-state index in [1.807, 2.05) is 34.5 Å². The first-order valence-corrected chi connectivity index (χ1v) is 11.8. The lowest BCUT2D eigenvalue weighted by molar-refractivity contribution is -0.130. The molecule has 1 amide bonds. The average Bonchev–Trinajstić information content (AvgIpc) is 3.11. The van der Waals surface area contributed by atoms with Gasteiger partial charge in [0.05, 0.1) is 19.2 Å². The monoisotopic (exact) mass is 471 g/mol. The highest BCUT2D eigenvalue weighted by Gasteiger charge is 2.20. The van der Waals surface area contributed by atoms with E-state index in [0.29, 0.717) is 24.6 Å². The molecule has 1 fully saturated rings. The summed E-state index contributed by atoms with van der Waals surface area (Å²) >= 11 is 7.41. The summed E-state index contributed by atoms with van der Waals surface area (Å²) in [7, 11) is 1.67. The molecule has 0 saturated carbocycles. The minimum Gasteiger partial charge on any atom is -0.497 e. The van der Waals surface area contributed by atoms with Gasteiger partial charge in [-0.1, -0.05) is 11.6 Å². The van der Waals surface area contributed by atoms with Crippen molar-refractivity contribution in [1.82, 2.24) is 9.88 Å². The standard InChI is InChI=1S/C24H26ClN3O3S/c1-30-21-9-5-20(6-10-21)27-11-2-12-28(14-13-27)24(29)15-19-17-32-23(26-19)16-31-22-7-3-18(25)4-8-22/h3-10,17H,2,11-16H2,1H3. The number of carbonyl (C=O) groups excluding carboxylic acids is 1. The number of rotatable bonds is 7. The van der Waals surface area contributed by atoms with E-state index in [0.717, 1.165) is 53.9 Å². The van der Waals surface area contributed by atoms with E-state index in [-0.39, 0.29) is 5.91 Å². The van der Waals surface area contributed by atoms with Crippen molar-refractivity contribution in [2.45, 2.75) is 19.4 Å². The molecule has 2 heterocycles. The lowest BCUT2D eigenvalue weighted by Gasteiger charge is -2.23. The van der Waals surface area contributed by atoms with Crippen LogP contribution < -0.4 is 14.4 Å². The first kappa shape index (κ1) is 22.4. The van der Waals surface area contributed by atoms with Crippen molar-refractivity contribution < 1.29 is 14.3 Å². The Bertz CT molecular complexity index is 1020. The molecule has 1 aromatic heterocycles. The van der Waals surface area contributed by atoms with Crippen molar-refractivity contribution in [3.63, 3.8) is 0 Å². The van der Waals surface area contributed by atoms with Crippen molar-refractivity contribution in [2.24, 2.45) is 0 Å². The van der Waals surface area contributed by atoms with Gasteiger partial charge in [0.25, 0.3) is 0 Å². The number of thiazole rings is 1. The van der Waals surface area contributed by atoms with E-state index in [1.165, 1.54) is 11.3 Å². The normalized spacial score (nSPS) is 14.2. The Balaban J connectivity index is 1.27. The fourth-order valence-corrected chi connectivity index (χ4v) is 4.49. The number of nitrogens with zero attached hydrogens (tertiary/aromatic N) is 3. The van der Waals surface area contributed by atoms with Crippen molar-refractivity contribution in [1.29, 1.82) is 0 Å². The molecule has 2 aromatic carbocycles. The maximum atomic E-state index is 12.9. The smallest absolute Gasteiger partial charge is 0.228 e. The number of halogens is 1. The van der Waals surface area contributed by atoms with Gasteiger partial charge in [-0.05, 0) is 55.0 Å². The topological polar surface area (TPSA) is 54.9 Å². The van der Waals surface area contributed by atoms with Crippen LogP contribution in [0.1, 0.15) is 17.1 Å². The summed E-state index contributed by atoms with van der Waals surface area (Å²) < 4.78 is 11.0. The second-order valence-electron chi connectivity index (χ2n) is 7.57. The van der Waals surface area contributed by atoms with E-state index < -0.39 is 0 Å². The fourth-order valence-electron chi connectivity index (χ4n) is 3.66. The molecule has 1 aliphatic heterocycles. The van der Waals surface area contributed by atoms with Crippen LogP contribution in [0.15, 0.2) is 53.9 Å². The molecule has 3 aromatic rings. The van der Waals surface area contributed by atoms with Crippen LogP contribution in [-0.2, 0) is 17.8 Å². The third-order valence-electron chi connectivity index (χ3n) is 5.39. The summed E-state index contributed by atoms with van der Waals surface area (Å²) in [4.78, 5) is 21.7. The van der Waals surface area contributed by atoms with Crippen LogP contribution in [0, 0.1) is 0 Å². The lowest BCUT2D eigenvalue weighted by atomic mass is 10.2. The van der Waals surface area contributed by atoms with Crippen molar-refractivity contribution in [2.75, 3.05) is 38.2 Å². The Hall–Kier alpha value is -2.77. The van der Waals surface area contributed by atoms with Gasteiger partial charge in [0, 0.05) is 42.3 Å². The van der Waals surface area contributed by atoms with E-state index in [1.54, 1.807) is 19.2 Å². The highest BCUT2D eigenvalue weighted by atomic mass is 35.5. The fraction of sp³-hybridized carbons (Fsp3) is 0.333. The minimum atomic E-state index is 0.122. The first-order valence-electron chi connectivity index (χ1n) is 10.6. The van der Waals surface area contributed by atoms with Gasteiger partial charge in [-0.3, -0.25) is 4.79 Å². The quantitative estimate of drug-likeness (QED) is 0.501. The van der Waals surface area contributed by atoms with Gasteiger partial charge in [-0.25, -0.2) is 4.98 Å². The molecular formula is C24H26ClN3O3S. The third kappa shape index (κ3) is 5.93. The first-order chi connectivity index (χ1) is 15.6. The van der Waals surface area contributed by atoms with E-state index in [4.69, 9.17) is 21.1 Å². The second-order valence-corrected chi connectivity index (χ2v) is 8.95. The number of aromatic nitrogens is 1.